The average molecular weight is 481 g/mol. The van der Waals surface area contributed by atoms with Crippen molar-refractivity contribution in [2.24, 2.45) is 5.10 Å². The van der Waals surface area contributed by atoms with Gasteiger partial charge in [0.15, 0.2) is 23.0 Å². The van der Waals surface area contributed by atoms with E-state index in [4.69, 9.17) is 4.42 Å². The lowest BCUT2D eigenvalue weighted by Crippen LogP contribution is -2.29. The summed E-state index contributed by atoms with van der Waals surface area (Å²) in [6.45, 7) is 2.01. The molecule has 11 nitrogen and oxygen atoms in total. The van der Waals surface area contributed by atoms with Crippen molar-refractivity contribution in [2.75, 3.05) is 17.0 Å². The molecule has 0 unspecified atom stereocenters. The Morgan fingerprint density at radius 1 is 1.31 bits per heavy atom. The van der Waals surface area contributed by atoms with E-state index < -0.39 is 23.3 Å². The molecule has 0 aliphatic carbocycles. The number of nitrogens with one attached hydrogen (secondary N) is 2. The first-order valence-electron chi connectivity index (χ1n) is 10.1. The molecule has 0 bridgehead atoms. The fourth-order valence-electron chi connectivity index (χ4n) is 3.58. The molecule has 1 aliphatic heterocycles. The number of pyridine rings is 1. The Morgan fingerprint density at radius 2 is 2.14 bits per heavy atom. The first-order valence-corrected chi connectivity index (χ1v) is 10.1. The van der Waals surface area contributed by atoms with Gasteiger partial charge in [0.25, 0.3) is 5.91 Å². The minimum atomic E-state index is -4.93. The summed E-state index contributed by atoms with van der Waals surface area (Å²) in [6.07, 6.45) is -1.34. The topological polar surface area (TPSA) is 137 Å². The van der Waals surface area contributed by atoms with E-state index in [0.29, 0.717) is 16.7 Å². The maximum Gasteiger partial charge on any atom is 0.434 e. The van der Waals surface area contributed by atoms with Crippen LogP contribution in [-0.4, -0.2) is 38.4 Å². The predicted octanol–water partition coefficient (Wildman–Crippen LogP) is 3.17. The molecular formula is C21H14F3N9O2. The van der Waals surface area contributed by atoms with Crippen molar-refractivity contribution in [1.82, 2.24) is 25.2 Å². The highest BCUT2D eigenvalue weighted by Gasteiger charge is 2.41. The molecule has 0 atom stereocenters. The zero-order chi connectivity index (χ0) is 24.7. The second-order valence-corrected chi connectivity index (χ2v) is 7.31. The molecule has 0 saturated carbocycles. The minimum Gasteiger partial charge on any atom is -0.439 e. The molecule has 1 aliphatic rings. The molecule has 176 valence electrons. The highest BCUT2D eigenvalue weighted by atomic mass is 19.4. The van der Waals surface area contributed by atoms with Gasteiger partial charge in [-0.05, 0) is 18.2 Å². The number of rotatable bonds is 4. The van der Waals surface area contributed by atoms with Gasteiger partial charge < -0.3 is 9.73 Å². The van der Waals surface area contributed by atoms with Gasteiger partial charge >= 0.3 is 6.18 Å². The quantitative estimate of drug-likeness (QED) is 0.454. The van der Waals surface area contributed by atoms with Gasteiger partial charge in [-0.25, -0.2) is 20.1 Å². The lowest BCUT2D eigenvalue weighted by molar-refractivity contribution is -0.143. The third-order valence-corrected chi connectivity index (χ3v) is 4.99. The molecule has 1 amide bonds. The Hall–Kier alpha value is -4.77. The van der Waals surface area contributed by atoms with Crippen LogP contribution in [0.15, 0.2) is 46.2 Å². The van der Waals surface area contributed by atoms with Crippen LogP contribution in [0.1, 0.15) is 27.5 Å². The third-order valence-electron chi connectivity index (χ3n) is 4.99. The molecule has 4 aromatic rings. The smallest absolute Gasteiger partial charge is 0.434 e. The number of alkyl halides is 3. The largest absolute Gasteiger partial charge is 0.439 e. The summed E-state index contributed by atoms with van der Waals surface area (Å²) >= 11 is 0. The summed E-state index contributed by atoms with van der Waals surface area (Å²) in [5, 5.41) is 20.9. The van der Waals surface area contributed by atoms with Gasteiger partial charge in [0.2, 0.25) is 0 Å². The predicted molar refractivity (Wildman–Crippen MR) is 117 cm³/mol. The third kappa shape index (κ3) is 3.93. The minimum absolute atomic E-state index is 0.0207. The summed E-state index contributed by atoms with van der Waals surface area (Å²) in [5.74, 6) is -0.635. The zero-order valence-electron chi connectivity index (χ0n) is 17.8. The van der Waals surface area contributed by atoms with E-state index in [-0.39, 0.29) is 34.2 Å². The van der Waals surface area contributed by atoms with Gasteiger partial charge in [-0.1, -0.05) is 6.07 Å². The highest BCUT2D eigenvalue weighted by molar-refractivity contribution is 6.05. The number of nitrogens with zero attached hydrogens (tertiary/aromatic N) is 7. The van der Waals surface area contributed by atoms with E-state index in [1.165, 1.54) is 29.5 Å². The second-order valence-electron chi connectivity index (χ2n) is 7.31. The summed E-state index contributed by atoms with van der Waals surface area (Å²) in [4.78, 5) is 21.1. The summed E-state index contributed by atoms with van der Waals surface area (Å²) in [7, 11) is 0. The Kier molecular flexibility index (Phi) is 5.18. The Labute approximate surface area is 194 Å². The van der Waals surface area contributed by atoms with Crippen molar-refractivity contribution in [1.29, 1.82) is 5.26 Å². The van der Waals surface area contributed by atoms with Crippen molar-refractivity contribution in [3.63, 3.8) is 0 Å². The molecule has 5 rings (SSSR count). The number of amides is 1. The molecule has 0 spiro atoms. The van der Waals surface area contributed by atoms with E-state index in [9.17, 15) is 23.2 Å². The number of hydrogen-bond donors (Lipinski definition) is 2. The Morgan fingerprint density at radius 3 is 2.86 bits per heavy atom. The number of oxazole rings is 1. The summed E-state index contributed by atoms with van der Waals surface area (Å²) < 4.78 is 48.4. The van der Waals surface area contributed by atoms with Crippen LogP contribution in [0, 0.1) is 18.3 Å². The fourth-order valence-corrected chi connectivity index (χ4v) is 3.58. The fraction of sp³-hybridized carbons (Fsp3) is 0.143. The highest BCUT2D eigenvalue weighted by Crippen LogP contribution is 2.36. The van der Waals surface area contributed by atoms with Crippen LogP contribution in [0.25, 0.3) is 16.8 Å². The molecule has 14 heteroatoms. The normalized spacial score (nSPS) is 13.4. The van der Waals surface area contributed by atoms with Crippen molar-refractivity contribution >= 4 is 34.7 Å². The number of carbonyl (C=O) groups excluding carboxylic acids is 1. The van der Waals surface area contributed by atoms with Gasteiger partial charge in [0.1, 0.15) is 22.8 Å². The molecule has 35 heavy (non-hydrogen) atoms. The number of hydrogen-bond acceptors (Lipinski definition) is 9. The number of hydrazine groups is 1. The van der Waals surface area contributed by atoms with Crippen molar-refractivity contribution in [3.05, 3.63) is 59.4 Å². The standard InChI is InChI=1S/C21H14F3N9O2/c1-11-30-15-3-2-4-16(17(15)35-11)32-18(21(22,23)24)14(10-29-32)20(34)31-13-7-12(8-25)19(26-9-13)33-27-5-6-28-33/h2-5,7,9-10,28H,6H2,1H3,(H,31,34). The summed E-state index contributed by atoms with van der Waals surface area (Å²) in [5.41, 5.74) is 1.33. The van der Waals surface area contributed by atoms with Crippen molar-refractivity contribution in [3.8, 4) is 11.8 Å². The monoisotopic (exact) mass is 481 g/mol. The van der Waals surface area contributed by atoms with Gasteiger partial charge in [0.05, 0.1) is 30.2 Å². The zero-order valence-corrected chi connectivity index (χ0v) is 17.8. The van der Waals surface area contributed by atoms with Crippen LogP contribution in [-0.2, 0) is 6.18 Å². The number of aromatic nitrogens is 4. The first-order chi connectivity index (χ1) is 16.8. The Bertz CT molecular complexity index is 1530. The molecule has 4 heterocycles. The van der Waals surface area contributed by atoms with E-state index in [1.54, 1.807) is 19.2 Å². The second kappa shape index (κ2) is 8.22. The molecule has 0 saturated heterocycles. The summed E-state index contributed by atoms with van der Waals surface area (Å²) in [6, 6.07) is 7.69. The lowest BCUT2D eigenvalue weighted by Gasteiger charge is -2.15. The SMILES string of the molecule is Cc1nc2cccc(-n3ncc(C(=O)Nc4cnc(N5N=CCN5)c(C#N)c4)c3C(F)(F)F)c2o1. The number of aryl methyl sites for hydroxylation is 1. The van der Waals surface area contributed by atoms with E-state index in [1.807, 2.05) is 6.07 Å². The molecule has 2 N–H and O–H groups in total. The average Bonchev–Trinajstić information content (AvgIpc) is 3.56. The number of para-hydroxylation sites is 1. The Balaban J connectivity index is 1.52. The van der Waals surface area contributed by atoms with Crippen LogP contribution in [0.3, 0.4) is 0 Å². The van der Waals surface area contributed by atoms with Gasteiger partial charge in [-0.2, -0.15) is 33.8 Å². The number of carbonyl (C=O) groups is 1. The number of nitriles is 1. The van der Waals surface area contributed by atoms with Crippen LogP contribution in [0.4, 0.5) is 24.7 Å². The van der Waals surface area contributed by atoms with E-state index >= 15 is 0 Å². The van der Waals surface area contributed by atoms with Crippen LogP contribution >= 0.6 is 0 Å². The van der Waals surface area contributed by atoms with E-state index in [0.717, 1.165) is 6.20 Å². The molecule has 0 radical (unpaired) electrons. The molecular weight excluding hydrogens is 467 g/mol. The van der Waals surface area contributed by atoms with Gasteiger partial charge in [-0.3, -0.25) is 4.79 Å². The van der Waals surface area contributed by atoms with Crippen molar-refractivity contribution in [2.45, 2.75) is 13.1 Å². The molecule has 0 fully saturated rings. The van der Waals surface area contributed by atoms with Gasteiger partial charge in [-0.15, -0.1) is 0 Å². The molecule has 1 aromatic carbocycles. The van der Waals surface area contributed by atoms with Crippen molar-refractivity contribution < 1.29 is 22.4 Å². The first kappa shape index (κ1) is 22.0. The number of halogens is 3. The number of fused-ring (bicyclic) bond motifs is 1. The maximum absolute atomic E-state index is 14.1. The molecule has 3 aromatic heterocycles. The van der Waals surface area contributed by atoms with Gasteiger partial charge in [0, 0.05) is 13.1 Å². The van der Waals surface area contributed by atoms with Crippen LogP contribution < -0.4 is 15.9 Å². The number of benzene rings is 1. The van der Waals surface area contributed by atoms with E-state index in [2.05, 4.69) is 30.9 Å². The number of hydrazone groups is 1. The maximum atomic E-state index is 14.1. The van der Waals surface area contributed by atoms with Crippen LogP contribution in [0.2, 0.25) is 0 Å². The number of anilines is 2. The van der Waals surface area contributed by atoms with Crippen LogP contribution in [0.5, 0.6) is 0 Å². The lowest BCUT2D eigenvalue weighted by atomic mass is 10.2.